The van der Waals surface area contributed by atoms with Gasteiger partial charge in [0.25, 0.3) is 11.1 Å². The Morgan fingerprint density at radius 2 is 1.71 bits per heavy atom. The third kappa shape index (κ3) is 4.05. The first-order valence-electron chi connectivity index (χ1n) is 8.35. The van der Waals surface area contributed by atoms with Gasteiger partial charge in [0, 0.05) is 15.2 Å². The average molecular weight is 505 g/mol. The van der Waals surface area contributed by atoms with E-state index in [1.165, 1.54) is 17.0 Å². The fourth-order valence-electron chi connectivity index (χ4n) is 2.74. The van der Waals surface area contributed by atoms with Crippen LogP contribution in [0.25, 0.3) is 17.4 Å². The normalized spacial score (nSPS) is 15.6. The van der Waals surface area contributed by atoms with Gasteiger partial charge in [-0.3, -0.25) is 14.5 Å². The first-order chi connectivity index (χ1) is 13.5. The van der Waals surface area contributed by atoms with Crippen molar-refractivity contribution in [1.82, 2.24) is 4.90 Å². The number of rotatable bonds is 4. The molecule has 1 fully saturated rings. The van der Waals surface area contributed by atoms with Gasteiger partial charge >= 0.3 is 0 Å². The molecule has 0 atom stereocenters. The van der Waals surface area contributed by atoms with E-state index in [9.17, 15) is 14.0 Å². The number of furan rings is 1. The number of carbonyl (C=O) groups is 2. The van der Waals surface area contributed by atoms with E-state index in [-0.39, 0.29) is 23.5 Å². The summed E-state index contributed by atoms with van der Waals surface area (Å²) in [6.45, 7) is 0.234. The molecule has 7 heteroatoms. The third-order valence-electron chi connectivity index (χ3n) is 4.16. The molecule has 3 aromatic rings. The Hall–Kier alpha value is -2.39. The predicted molar refractivity (Wildman–Crippen MR) is 115 cm³/mol. The molecule has 2 heterocycles. The van der Waals surface area contributed by atoms with E-state index >= 15 is 0 Å². The van der Waals surface area contributed by atoms with Gasteiger partial charge in [0.15, 0.2) is 0 Å². The summed E-state index contributed by atoms with van der Waals surface area (Å²) < 4.78 is 19.9. The first kappa shape index (κ1) is 18.9. The second kappa shape index (κ2) is 7.92. The van der Waals surface area contributed by atoms with Crippen LogP contribution < -0.4 is 0 Å². The van der Waals surface area contributed by atoms with Crippen LogP contribution in [-0.4, -0.2) is 16.0 Å². The highest BCUT2D eigenvalue weighted by Crippen LogP contribution is 2.34. The van der Waals surface area contributed by atoms with Crippen molar-refractivity contribution in [3.8, 4) is 11.3 Å². The molecule has 1 aliphatic rings. The number of imide groups is 1. The molecule has 1 aliphatic heterocycles. The van der Waals surface area contributed by atoms with E-state index in [2.05, 4.69) is 22.6 Å². The summed E-state index contributed by atoms with van der Waals surface area (Å²) in [5.41, 5.74) is 1.62. The van der Waals surface area contributed by atoms with Crippen molar-refractivity contribution in [2.75, 3.05) is 0 Å². The van der Waals surface area contributed by atoms with Gasteiger partial charge in [-0.1, -0.05) is 12.1 Å². The molecule has 4 rings (SSSR count). The Morgan fingerprint density at radius 3 is 2.43 bits per heavy atom. The molecule has 1 aromatic heterocycles. The molecule has 0 radical (unpaired) electrons. The number of carbonyl (C=O) groups excluding carboxylic acids is 2. The maximum atomic E-state index is 13.1. The lowest BCUT2D eigenvalue weighted by molar-refractivity contribution is -0.123. The van der Waals surface area contributed by atoms with Crippen LogP contribution in [0.1, 0.15) is 11.3 Å². The van der Waals surface area contributed by atoms with Gasteiger partial charge in [-0.05, 0) is 88.4 Å². The van der Waals surface area contributed by atoms with E-state index in [1.807, 2.05) is 24.3 Å². The zero-order valence-corrected chi connectivity index (χ0v) is 17.4. The van der Waals surface area contributed by atoms with E-state index in [1.54, 1.807) is 30.3 Å². The Morgan fingerprint density at radius 1 is 1.00 bits per heavy atom. The van der Waals surface area contributed by atoms with Crippen LogP contribution in [-0.2, 0) is 11.3 Å². The second-order valence-electron chi connectivity index (χ2n) is 6.10. The standard InChI is InChI=1S/C21H13FINO3S/c22-15-5-3-14(4-6-15)18-10-9-17(27-18)11-19-20(25)24(21(26)28-19)12-13-1-7-16(23)8-2-13/h1-11H,12H2/b19-11-. The van der Waals surface area contributed by atoms with Crippen LogP contribution >= 0.6 is 34.4 Å². The molecule has 140 valence electrons. The van der Waals surface area contributed by atoms with Crippen molar-refractivity contribution in [2.45, 2.75) is 6.54 Å². The number of benzene rings is 2. The topological polar surface area (TPSA) is 50.5 Å². The minimum Gasteiger partial charge on any atom is -0.457 e. The molecule has 0 spiro atoms. The van der Waals surface area contributed by atoms with Gasteiger partial charge in [0.05, 0.1) is 11.4 Å². The van der Waals surface area contributed by atoms with Crippen molar-refractivity contribution >= 4 is 51.6 Å². The van der Waals surface area contributed by atoms with E-state index in [0.29, 0.717) is 16.4 Å². The maximum absolute atomic E-state index is 13.1. The molecular weight excluding hydrogens is 492 g/mol. The monoisotopic (exact) mass is 505 g/mol. The van der Waals surface area contributed by atoms with Crippen molar-refractivity contribution < 1.29 is 18.4 Å². The molecule has 0 N–H and O–H groups in total. The summed E-state index contributed by atoms with van der Waals surface area (Å²) >= 11 is 3.10. The summed E-state index contributed by atoms with van der Waals surface area (Å²) in [4.78, 5) is 26.5. The third-order valence-corrected chi connectivity index (χ3v) is 5.78. The van der Waals surface area contributed by atoms with Gasteiger partial charge in [-0.15, -0.1) is 0 Å². The van der Waals surface area contributed by atoms with Gasteiger partial charge in [0.1, 0.15) is 17.3 Å². The number of halogens is 2. The molecule has 4 nitrogen and oxygen atoms in total. The van der Waals surface area contributed by atoms with Crippen molar-refractivity contribution in [3.05, 3.63) is 86.3 Å². The molecule has 0 aliphatic carbocycles. The molecule has 2 amide bonds. The van der Waals surface area contributed by atoms with Gasteiger partial charge in [-0.25, -0.2) is 4.39 Å². The zero-order chi connectivity index (χ0) is 19.7. The van der Waals surface area contributed by atoms with Crippen LogP contribution in [0.2, 0.25) is 0 Å². The molecule has 0 unspecified atom stereocenters. The fourth-order valence-corrected chi connectivity index (χ4v) is 3.92. The summed E-state index contributed by atoms with van der Waals surface area (Å²) in [5.74, 6) is 0.356. The zero-order valence-electron chi connectivity index (χ0n) is 14.4. The fraction of sp³-hybridized carbons (Fsp3) is 0.0476. The van der Waals surface area contributed by atoms with E-state index in [0.717, 1.165) is 26.5 Å². The molecule has 2 aromatic carbocycles. The molecule has 0 bridgehead atoms. The SMILES string of the molecule is O=C1S/C(=C\c2ccc(-c3ccc(F)cc3)o2)C(=O)N1Cc1ccc(I)cc1. The lowest BCUT2D eigenvalue weighted by atomic mass is 10.2. The van der Waals surface area contributed by atoms with Crippen LogP contribution in [0.4, 0.5) is 9.18 Å². The highest BCUT2D eigenvalue weighted by atomic mass is 127. The van der Waals surface area contributed by atoms with Gasteiger partial charge < -0.3 is 4.42 Å². The van der Waals surface area contributed by atoms with Crippen LogP contribution in [0.15, 0.2) is 70.0 Å². The van der Waals surface area contributed by atoms with Gasteiger partial charge in [0.2, 0.25) is 0 Å². The van der Waals surface area contributed by atoms with Crippen molar-refractivity contribution in [1.29, 1.82) is 0 Å². The van der Waals surface area contributed by atoms with E-state index < -0.39 is 0 Å². The van der Waals surface area contributed by atoms with Crippen LogP contribution in [0, 0.1) is 9.39 Å². The Kier molecular flexibility index (Phi) is 5.36. The average Bonchev–Trinajstić information content (AvgIpc) is 3.24. The van der Waals surface area contributed by atoms with Crippen LogP contribution in [0.5, 0.6) is 0 Å². The Bertz CT molecular complexity index is 1070. The summed E-state index contributed by atoms with van der Waals surface area (Å²) in [5, 5.41) is -0.305. The number of hydrogen-bond donors (Lipinski definition) is 0. The highest BCUT2D eigenvalue weighted by molar-refractivity contribution is 14.1. The Labute approximate surface area is 178 Å². The minimum atomic E-state index is -0.340. The summed E-state index contributed by atoms with van der Waals surface area (Å²) in [6.07, 6.45) is 1.56. The lowest BCUT2D eigenvalue weighted by Gasteiger charge is -2.12. The second-order valence-corrected chi connectivity index (χ2v) is 8.34. The summed E-state index contributed by atoms with van der Waals surface area (Å²) in [7, 11) is 0. The molecule has 0 saturated carbocycles. The van der Waals surface area contributed by atoms with Crippen LogP contribution in [0.3, 0.4) is 0 Å². The molecule has 1 saturated heterocycles. The number of hydrogen-bond acceptors (Lipinski definition) is 4. The maximum Gasteiger partial charge on any atom is 0.293 e. The molecular formula is C21H13FINO3S. The van der Waals surface area contributed by atoms with E-state index in [4.69, 9.17) is 4.42 Å². The predicted octanol–water partition coefficient (Wildman–Crippen LogP) is 5.93. The Balaban J connectivity index is 1.52. The van der Waals surface area contributed by atoms with Crippen molar-refractivity contribution in [2.24, 2.45) is 0 Å². The van der Waals surface area contributed by atoms with Crippen molar-refractivity contribution in [3.63, 3.8) is 0 Å². The molecule has 28 heavy (non-hydrogen) atoms. The number of thioether (sulfide) groups is 1. The number of nitrogens with zero attached hydrogens (tertiary/aromatic N) is 1. The largest absolute Gasteiger partial charge is 0.457 e. The highest BCUT2D eigenvalue weighted by Gasteiger charge is 2.35. The lowest BCUT2D eigenvalue weighted by Crippen LogP contribution is -2.27. The quantitative estimate of drug-likeness (QED) is 0.326. The minimum absolute atomic E-state index is 0.234. The number of amides is 2. The van der Waals surface area contributed by atoms with Gasteiger partial charge in [-0.2, -0.15) is 0 Å². The first-order valence-corrected chi connectivity index (χ1v) is 10.2. The smallest absolute Gasteiger partial charge is 0.293 e. The summed E-state index contributed by atoms with van der Waals surface area (Å²) in [6, 6.07) is 17.1.